The topological polar surface area (TPSA) is 58.6 Å². The van der Waals surface area contributed by atoms with Gasteiger partial charge in [-0.15, -0.1) is 0 Å². The van der Waals surface area contributed by atoms with Crippen LogP contribution in [0.25, 0.3) is 0 Å². The lowest BCUT2D eigenvalue weighted by atomic mass is 10.2. The molecule has 0 heterocycles. The highest BCUT2D eigenvalue weighted by Crippen LogP contribution is 2.20. The molecule has 2 amide bonds. The minimum Gasteiger partial charge on any atom is -0.443 e. The van der Waals surface area contributed by atoms with Crippen LogP contribution < -0.4 is 10.2 Å². The summed E-state index contributed by atoms with van der Waals surface area (Å²) in [7, 11) is 1.63. The van der Waals surface area contributed by atoms with Gasteiger partial charge in [-0.05, 0) is 39.0 Å². The summed E-state index contributed by atoms with van der Waals surface area (Å²) in [6.45, 7) is 6.87. The Balaban J connectivity index is 2.84. The molecule has 0 bridgehead atoms. The molecule has 0 atom stereocenters. The minimum absolute atomic E-state index is 0.155. The molecule has 1 aromatic carbocycles. The van der Waals surface area contributed by atoms with Gasteiger partial charge in [-0.25, -0.2) is 4.79 Å². The van der Waals surface area contributed by atoms with E-state index in [0.717, 1.165) is 0 Å². The minimum atomic E-state index is -0.541. The monoisotopic (exact) mass is 264 g/mol. The van der Waals surface area contributed by atoms with E-state index in [4.69, 9.17) is 4.74 Å². The molecule has 0 spiro atoms. The van der Waals surface area contributed by atoms with Crippen LogP contribution in [-0.4, -0.2) is 24.6 Å². The van der Waals surface area contributed by atoms with E-state index in [9.17, 15) is 9.59 Å². The summed E-state index contributed by atoms with van der Waals surface area (Å²) in [6.07, 6.45) is -0.438. The standard InChI is InChI=1S/C14H20N2O3/c1-10(17)15-11-7-6-8-12(9-11)16(5)13(18)19-14(2,3)4/h6-9H,1-5H3,(H,15,17). The van der Waals surface area contributed by atoms with Gasteiger partial charge in [0.25, 0.3) is 0 Å². The predicted octanol–water partition coefficient (Wildman–Crippen LogP) is 3.02. The molecule has 0 aliphatic carbocycles. The molecule has 1 N–H and O–H groups in total. The van der Waals surface area contributed by atoms with Crippen molar-refractivity contribution in [1.29, 1.82) is 0 Å². The molecule has 19 heavy (non-hydrogen) atoms. The van der Waals surface area contributed by atoms with Gasteiger partial charge in [-0.1, -0.05) is 6.07 Å². The summed E-state index contributed by atoms with van der Waals surface area (Å²) in [6, 6.07) is 7.01. The molecule has 1 aromatic rings. The summed E-state index contributed by atoms with van der Waals surface area (Å²) >= 11 is 0. The van der Waals surface area contributed by atoms with Gasteiger partial charge in [-0.2, -0.15) is 0 Å². The fourth-order valence-corrected chi connectivity index (χ4v) is 1.43. The van der Waals surface area contributed by atoms with Gasteiger partial charge < -0.3 is 10.1 Å². The predicted molar refractivity (Wildman–Crippen MR) is 75.4 cm³/mol. The second-order valence-electron chi connectivity index (χ2n) is 5.27. The van der Waals surface area contributed by atoms with Crippen LogP contribution in [0.3, 0.4) is 0 Å². The zero-order valence-electron chi connectivity index (χ0n) is 12.0. The first-order valence-electron chi connectivity index (χ1n) is 6.03. The van der Waals surface area contributed by atoms with Gasteiger partial charge in [0.2, 0.25) is 5.91 Å². The van der Waals surface area contributed by atoms with Crippen molar-refractivity contribution < 1.29 is 14.3 Å². The molecule has 5 heteroatoms. The summed E-state index contributed by atoms with van der Waals surface area (Å²) < 4.78 is 5.27. The van der Waals surface area contributed by atoms with Crippen LogP contribution in [0, 0.1) is 0 Å². The first-order chi connectivity index (χ1) is 8.69. The van der Waals surface area contributed by atoms with Crippen molar-refractivity contribution in [3.05, 3.63) is 24.3 Å². The highest BCUT2D eigenvalue weighted by atomic mass is 16.6. The van der Waals surface area contributed by atoms with Crippen LogP contribution >= 0.6 is 0 Å². The molecule has 0 aliphatic rings. The number of rotatable bonds is 2. The third kappa shape index (κ3) is 4.99. The normalized spacial score (nSPS) is 10.8. The van der Waals surface area contributed by atoms with E-state index in [-0.39, 0.29) is 5.91 Å². The molecule has 0 unspecified atom stereocenters. The fourth-order valence-electron chi connectivity index (χ4n) is 1.43. The third-order valence-electron chi connectivity index (χ3n) is 2.22. The third-order valence-corrected chi connectivity index (χ3v) is 2.22. The highest BCUT2D eigenvalue weighted by molar-refractivity contribution is 5.91. The Bertz CT molecular complexity index is 478. The number of nitrogens with one attached hydrogen (secondary N) is 1. The average Bonchev–Trinajstić information content (AvgIpc) is 2.25. The molecule has 104 valence electrons. The first-order valence-corrected chi connectivity index (χ1v) is 6.03. The van der Waals surface area contributed by atoms with Crippen molar-refractivity contribution in [3.8, 4) is 0 Å². The molecule has 5 nitrogen and oxygen atoms in total. The molecule has 0 aliphatic heterocycles. The Morgan fingerprint density at radius 3 is 2.42 bits per heavy atom. The second kappa shape index (κ2) is 5.73. The first kappa shape index (κ1) is 15.0. The Kier molecular flexibility index (Phi) is 4.53. The van der Waals surface area contributed by atoms with Crippen molar-refractivity contribution in [3.63, 3.8) is 0 Å². The van der Waals surface area contributed by atoms with Gasteiger partial charge in [0.1, 0.15) is 5.60 Å². The molecular formula is C14H20N2O3. The zero-order chi connectivity index (χ0) is 14.6. The highest BCUT2D eigenvalue weighted by Gasteiger charge is 2.20. The molecule has 0 saturated heterocycles. The molecule has 0 aromatic heterocycles. The Labute approximate surface area is 113 Å². The number of hydrogen-bond donors (Lipinski definition) is 1. The number of benzene rings is 1. The zero-order valence-corrected chi connectivity index (χ0v) is 12.0. The summed E-state index contributed by atoms with van der Waals surface area (Å²) in [5.74, 6) is -0.155. The van der Waals surface area contributed by atoms with Gasteiger partial charge in [-0.3, -0.25) is 9.69 Å². The number of amides is 2. The lowest BCUT2D eigenvalue weighted by molar-refractivity contribution is -0.114. The lowest BCUT2D eigenvalue weighted by Gasteiger charge is -2.24. The van der Waals surface area contributed by atoms with E-state index >= 15 is 0 Å². The lowest BCUT2D eigenvalue weighted by Crippen LogP contribution is -2.34. The molecular weight excluding hydrogens is 244 g/mol. The molecule has 1 rings (SSSR count). The SMILES string of the molecule is CC(=O)Nc1cccc(N(C)C(=O)OC(C)(C)C)c1. The van der Waals surface area contributed by atoms with E-state index < -0.39 is 11.7 Å². The van der Waals surface area contributed by atoms with Gasteiger partial charge >= 0.3 is 6.09 Å². The number of carbonyl (C=O) groups is 2. The van der Waals surface area contributed by atoms with E-state index in [2.05, 4.69) is 5.32 Å². The fraction of sp³-hybridized carbons (Fsp3) is 0.429. The van der Waals surface area contributed by atoms with Crippen molar-refractivity contribution in [2.75, 3.05) is 17.3 Å². The van der Waals surface area contributed by atoms with Crippen LogP contribution in [0.15, 0.2) is 24.3 Å². The largest absolute Gasteiger partial charge is 0.443 e. The van der Waals surface area contributed by atoms with Crippen LogP contribution in [0.5, 0.6) is 0 Å². The van der Waals surface area contributed by atoms with Gasteiger partial charge in [0, 0.05) is 25.3 Å². The Hall–Kier alpha value is -2.04. The van der Waals surface area contributed by atoms with Crippen LogP contribution in [0.4, 0.5) is 16.2 Å². The number of ether oxygens (including phenoxy) is 1. The number of hydrogen-bond acceptors (Lipinski definition) is 3. The molecule has 0 fully saturated rings. The van der Waals surface area contributed by atoms with Crippen molar-refractivity contribution in [1.82, 2.24) is 0 Å². The number of nitrogens with zero attached hydrogens (tertiary/aromatic N) is 1. The summed E-state index contributed by atoms with van der Waals surface area (Å²) in [5.41, 5.74) is 0.751. The summed E-state index contributed by atoms with van der Waals surface area (Å²) in [4.78, 5) is 24.3. The second-order valence-corrected chi connectivity index (χ2v) is 5.27. The Morgan fingerprint density at radius 1 is 1.26 bits per heavy atom. The summed E-state index contributed by atoms with van der Waals surface area (Å²) in [5, 5.41) is 2.67. The Morgan fingerprint density at radius 2 is 1.89 bits per heavy atom. The average molecular weight is 264 g/mol. The van der Waals surface area contributed by atoms with Crippen LogP contribution in [-0.2, 0) is 9.53 Å². The van der Waals surface area contributed by atoms with Crippen molar-refractivity contribution >= 4 is 23.4 Å². The molecule has 0 radical (unpaired) electrons. The quantitative estimate of drug-likeness (QED) is 0.893. The maximum atomic E-state index is 11.9. The van der Waals surface area contributed by atoms with Gasteiger partial charge in [0.15, 0.2) is 0 Å². The van der Waals surface area contributed by atoms with Crippen LogP contribution in [0.2, 0.25) is 0 Å². The van der Waals surface area contributed by atoms with E-state index in [1.54, 1.807) is 31.3 Å². The van der Waals surface area contributed by atoms with E-state index in [0.29, 0.717) is 11.4 Å². The van der Waals surface area contributed by atoms with Crippen molar-refractivity contribution in [2.24, 2.45) is 0 Å². The smallest absolute Gasteiger partial charge is 0.414 e. The van der Waals surface area contributed by atoms with Crippen molar-refractivity contribution in [2.45, 2.75) is 33.3 Å². The maximum Gasteiger partial charge on any atom is 0.414 e. The maximum absolute atomic E-state index is 11.9. The van der Waals surface area contributed by atoms with Gasteiger partial charge in [0.05, 0.1) is 0 Å². The van der Waals surface area contributed by atoms with Crippen LogP contribution in [0.1, 0.15) is 27.7 Å². The number of anilines is 2. The van der Waals surface area contributed by atoms with E-state index in [1.807, 2.05) is 20.8 Å². The number of carbonyl (C=O) groups excluding carboxylic acids is 2. The van der Waals surface area contributed by atoms with E-state index in [1.165, 1.54) is 11.8 Å². The molecule has 0 saturated carbocycles.